The van der Waals surface area contributed by atoms with Gasteiger partial charge in [0.25, 0.3) is 0 Å². The quantitative estimate of drug-likeness (QED) is 0.699. The smallest absolute Gasteiger partial charge is 0.224 e. The van der Waals surface area contributed by atoms with Crippen molar-refractivity contribution in [1.29, 1.82) is 0 Å². The van der Waals surface area contributed by atoms with Gasteiger partial charge < -0.3 is 4.90 Å². The average molecular weight is 241 g/mol. The van der Waals surface area contributed by atoms with Crippen molar-refractivity contribution < 1.29 is 0 Å². The van der Waals surface area contributed by atoms with Crippen molar-refractivity contribution in [3.8, 4) is 0 Å². The van der Waals surface area contributed by atoms with E-state index < -0.39 is 0 Å². The van der Waals surface area contributed by atoms with Crippen LogP contribution in [0.25, 0.3) is 0 Å². The molecule has 1 saturated heterocycles. The molecular formula is C11H17ClN4. The number of anilines is 1. The maximum Gasteiger partial charge on any atom is 0.224 e. The van der Waals surface area contributed by atoms with Crippen molar-refractivity contribution in [2.75, 3.05) is 25.0 Å². The number of rotatable bonds is 1. The highest BCUT2D eigenvalue weighted by molar-refractivity contribution is 6.28. The van der Waals surface area contributed by atoms with Crippen LogP contribution >= 0.6 is 11.6 Å². The molecule has 88 valence electrons. The second kappa shape index (κ2) is 4.55. The first kappa shape index (κ1) is 11.6. The highest BCUT2D eigenvalue weighted by Gasteiger charge is 2.27. The SMILES string of the molecule is CC1CN(c2ccnc(Cl)n2)CC(C)N1C. The van der Waals surface area contributed by atoms with Crippen LogP contribution < -0.4 is 4.90 Å². The summed E-state index contributed by atoms with van der Waals surface area (Å²) >= 11 is 5.81. The molecule has 4 nitrogen and oxygen atoms in total. The van der Waals surface area contributed by atoms with Crippen molar-refractivity contribution >= 4 is 17.4 Å². The van der Waals surface area contributed by atoms with Gasteiger partial charge >= 0.3 is 0 Å². The largest absolute Gasteiger partial charge is 0.353 e. The van der Waals surface area contributed by atoms with Crippen molar-refractivity contribution in [3.63, 3.8) is 0 Å². The molecule has 0 bridgehead atoms. The Labute approximate surface area is 101 Å². The number of halogens is 1. The van der Waals surface area contributed by atoms with E-state index in [9.17, 15) is 0 Å². The molecule has 0 amide bonds. The van der Waals surface area contributed by atoms with Gasteiger partial charge in [0.2, 0.25) is 5.28 Å². The summed E-state index contributed by atoms with van der Waals surface area (Å²) < 4.78 is 0. The van der Waals surface area contributed by atoms with Crippen molar-refractivity contribution in [2.45, 2.75) is 25.9 Å². The van der Waals surface area contributed by atoms with Crippen molar-refractivity contribution in [2.24, 2.45) is 0 Å². The summed E-state index contributed by atoms with van der Waals surface area (Å²) in [5.74, 6) is 0.923. The first-order chi connectivity index (χ1) is 7.58. The molecule has 1 fully saturated rings. The zero-order chi connectivity index (χ0) is 11.7. The fourth-order valence-electron chi connectivity index (χ4n) is 2.09. The molecule has 2 unspecified atom stereocenters. The van der Waals surface area contributed by atoms with Crippen LogP contribution in [-0.4, -0.2) is 47.1 Å². The summed E-state index contributed by atoms with van der Waals surface area (Å²) in [4.78, 5) is 12.8. The number of aromatic nitrogens is 2. The van der Waals surface area contributed by atoms with Crippen molar-refractivity contribution in [3.05, 3.63) is 17.5 Å². The third kappa shape index (κ3) is 2.28. The van der Waals surface area contributed by atoms with E-state index in [1.807, 2.05) is 6.07 Å². The Morgan fingerprint density at radius 2 is 1.94 bits per heavy atom. The van der Waals surface area contributed by atoms with Crippen LogP contribution in [0.1, 0.15) is 13.8 Å². The molecule has 1 aliphatic heterocycles. The minimum atomic E-state index is 0.316. The van der Waals surface area contributed by atoms with Gasteiger partial charge in [0, 0.05) is 31.4 Å². The second-order valence-electron chi connectivity index (χ2n) is 4.45. The van der Waals surface area contributed by atoms with Gasteiger partial charge in [-0.25, -0.2) is 9.97 Å². The Hall–Kier alpha value is -0.870. The molecule has 16 heavy (non-hydrogen) atoms. The molecule has 0 saturated carbocycles. The molecule has 0 aromatic carbocycles. The first-order valence-corrected chi connectivity index (χ1v) is 5.91. The predicted molar refractivity (Wildman–Crippen MR) is 65.9 cm³/mol. The number of nitrogens with zero attached hydrogens (tertiary/aromatic N) is 4. The molecule has 2 rings (SSSR count). The van der Waals surface area contributed by atoms with Crippen LogP contribution in [0, 0.1) is 0 Å². The minimum Gasteiger partial charge on any atom is -0.353 e. The molecule has 0 N–H and O–H groups in total. The Morgan fingerprint density at radius 1 is 1.31 bits per heavy atom. The minimum absolute atomic E-state index is 0.316. The average Bonchev–Trinajstić information content (AvgIpc) is 2.25. The summed E-state index contributed by atoms with van der Waals surface area (Å²) in [5.41, 5.74) is 0. The lowest BCUT2D eigenvalue weighted by atomic mass is 10.1. The molecule has 2 heterocycles. The van der Waals surface area contributed by atoms with Gasteiger partial charge in [0.1, 0.15) is 5.82 Å². The summed E-state index contributed by atoms with van der Waals surface area (Å²) in [5, 5.41) is 0.316. The molecule has 5 heteroatoms. The van der Waals surface area contributed by atoms with Gasteiger partial charge in [0.15, 0.2) is 0 Å². The Bertz CT molecular complexity index is 359. The first-order valence-electron chi connectivity index (χ1n) is 5.53. The van der Waals surface area contributed by atoms with Crippen LogP contribution in [0.3, 0.4) is 0 Å². The van der Waals surface area contributed by atoms with Gasteiger partial charge in [-0.3, -0.25) is 4.90 Å². The van der Waals surface area contributed by atoms with E-state index in [1.54, 1.807) is 6.20 Å². The summed E-state index contributed by atoms with van der Waals surface area (Å²) in [7, 11) is 2.17. The molecular weight excluding hydrogens is 224 g/mol. The molecule has 0 radical (unpaired) electrons. The zero-order valence-corrected chi connectivity index (χ0v) is 10.6. The second-order valence-corrected chi connectivity index (χ2v) is 4.79. The van der Waals surface area contributed by atoms with Crippen LogP contribution in [-0.2, 0) is 0 Å². The van der Waals surface area contributed by atoms with E-state index in [1.165, 1.54) is 0 Å². The van der Waals surface area contributed by atoms with Gasteiger partial charge in [-0.15, -0.1) is 0 Å². The third-order valence-electron chi connectivity index (χ3n) is 3.30. The Kier molecular flexibility index (Phi) is 3.30. The van der Waals surface area contributed by atoms with Gasteiger partial charge in [-0.1, -0.05) is 0 Å². The highest BCUT2D eigenvalue weighted by atomic mass is 35.5. The molecule has 1 aromatic rings. The highest BCUT2D eigenvalue weighted by Crippen LogP contribution is 2.19. The van der Waals surface area contributed by atoms with Crippen LogP contribution in [0.4, 0.5) is 5.82 Å². The van der Waals surface area contributed by atoms with Gasteiger partial charge in [-0.05, 0) is 38.6 Å². The van der Waals surface area contributed by atoms with E-state index in [4.69, 9.17) is 11.6 Å². The van der Waals surface area contributed by atoms with E-state index in [0.29, 0.717) is 17.4 Å². The number of hydrogen-bond donors (Lipinski definition) is 0. The number of hydrogen-bond acceptors (Lipinski definition) is 4. The van der Waals surface area contributed by atoms with Crippen LogP contribution in [0.15, 0.2) is 12.3 Å². The fourth-order valence-corrected chi connectivity index (χ4v) is 2.24. The van der Waals surface area contributed by atoms with E-state index in [0.717, 1.165) is 18.9 Å². The summed E-state index contributed by atoms with van der Waals surface area (Å²) in [6.07, 6.45) is 1.71. The lowest BCUT2D eigenvalue weighted by molar-refractivity contribution is 0.169. The molecule has 0 spiro atoms. The number of likely N-dealkylation sites (N-methyl/N-ethyl adjacent to an activating group) is 1. The fraction of sp³-hybridized carbons (Fsp3) is 0.636. The topological polar surface area (TPSA) is 32.3 Å². The normalized spacial score (nSPS) is 27.1. The van der Waals surface area contributed by atoms with Crippen LogP contribution in [0.2, 0.25) is 5.28 Å². The Balaban J connectivity index is 2.17. The standard InChI is InChI=1S/C11H17ClN4/c1-8-6-16(7-9(2)15(8)3)10-4-5-13-11(12)14-10/h4-5,8-9H,6-7H2,1-3H3. The molecule has 1 aliphatic rings. The lowest BCUT2D eigenvalue weighted by Crippen LogP contribution is -2.55. The maximum atomic E-state index is 5.81. The maximum absolute atomic E-state index is 5.81. The monoisotopic (exact) mass is 240 g/mol. The summed E-state index contributed by atoms with van der Waals surface area (Å²) in [6.45, 7) is 6.42. The predicted octanol–water partition coefficient (Wildman–Crippen LogP) is 1.66. The van der Waals surface area contributed by atoms with Gasteiger partial charge in [-0.2, -0.15) is 0 Å². The van der Waals surface area contributed by atoms with Crippen LogP contribution in [0.5, 0.6) is 0 Å². The molecule has 0 aliphatic carbocycles. The molecule has 2 atom stereocenters. The van der Waals surface area contributed by atoms with Gasteiger partial charge in [0.05, 0.1) is 0 Å². The van der Waals surface area contributed by atoms with E-state index in [-0.39, 0.29) is 0 Å². The summed E-state index contributed by atoms with van der Waals surface area (Å²) in [6, 6.07) is 2.96. The van der Waals surface area contributed by atoms with E-state index >= 15 is 0 Å². The Morgan fingerprint density at radius 3 is 2.50 bits per heavy atom. The zero-order valence-electron chi connectivity index (χ0n) is 9.89. The lowest BCUT2D eigenvalue weighted by Gasteiger charge is -2.42. The third-order valence-corrected chi connectivity index (χ3v) is 3.48. The molecule has 1 aromatic heterocycles. The van der Waals surface area contributed by atoms with E-state index in [2.05, 4.69) is 40.7 Å². The van der Waals surface area contributed by atoms with Crippen molar-refractivity contribution in [1.82, 2.24) is 14.9 Å². The number of piperazine rings is 1.